The molecular formula is C36H58N6O6. The highest BCUT2D eigenvalue weighted by atomic mass is 16.5. The Morgan fingerprint density at radius 3 is 2.23 bits per heavy atom. The standard InChI is InChI=1S/C36H58N6O6/c1-9-12-17-26(29(43)23(4)37-10-2)39-31(44)28-25-20-24(25)21-42(28)32(45)30(36(8)18-15-13-14-16-19-36)41-33(46)40-27(35(5,6)7)22-48-34(47)38-11-3/h1,24-28,30,37H,4,10-22H2,2-3,5-8H3,(H,38,47)(H,39,44)(H2,40,41,46)/t24-,25-,26?,27?,28?,30?/m0/s1. The Bertz CT molecular complexity index is 1230. The fourth-order valence-corrected chi connectivity index (χ4v) is 7.01. The molecule has 0 spiro atoms. The lowest BCUT2D eigenvalue weighted by molar-refractivity contribution is -0.144. The molecule has 5 amide bonds. The summed E-state index contributed by atoms with van der Waals surface area (Å²) in [5.74, 6) is 1.69. The molecule has 12 nitrogen and oxygen atoms in total. The van der Waals surface area contributed by atoms with Crippen LogP contribution in [0.5, 0.6) is 0 Å². The quantitative estimate of drug-likeness (QED) is 0.101. The first-order valence-corrected chi connectivity index (χ1v) is 17.7. The summed E-state index contributed by atoms with van der Waals surface area (Å²) in [6, 6.07) is -3.59. The molecule has 2 aliphatic carbocycles. The molecule has 1 saturated heterocycles. The minimum Gasteiger partial charge on any atom is -0.447 e. The Balaban J connectivity index is 1.85. The van der Waals surface area contributed by atoms with Crippen LogP contribution in [0.25, 0.3) is 0 Å². The van der Waals surface area contributed by atoms with Gasteiger partial charge in [0.25, 0.3) is 0 Å². The first-order valence-electron chi connectivity index (χ1n) is 17.7. The van der Waals surface area contributed by atoms with Crippen LogP contribution in [0.4, 0.5) is 9.59 Å². The van der Waals surface area contributed by atoms with Gasteiger partial charge >= 0.3 is 12.1 Å². The van der Waals surface area contributed by atoms with Crippen molar-refractivity contribution < 1.29 is 28.7 Å². The van der Waals surface area contributed by atoms with Crippen LogP contribution in [-0.2, 0) is 19.1 Å². The molecular weight excluding hydrogens is 612 g/mol. The van der Waals surface area contributed by atoms with Crippen molar-refractivity contribution in [3.8, 4) is 12.3 Å². The largest absolute Gasteiger partial charge is 0.447 e. The Morgan fingerprint density at radius 2 is 1.65 bits per heavy atom. The fourth-order valence-electron chi connectivity index (χ4n) is 7.01. The Morgan fingerprint density at radius 1 is 1.00 bits per heavy atom. The number of ether oxygens (including phenoxy) is 1. The van der Waals surface area contributed by atoms with Crippen molar-refractivity contribution in [3.05, 3.63) is 12.3 Å². The van der Waals surface area contributed by atoms with Gasteiger partial charge in [0.15, 0.2) is 5.78 Å². The van der Waals surface area contributed by atoms with E-state index in [1.807, 2.05) is 34.6 Å². The lowest BCUT2D eigenvalue weighted by Crippen LogP contribution is -2.62. The monoisotopic (exact) mass is 670 g/mol. The number of nitrogens with one attached hydrogen (secondary N) is 5. The topological polar surface area (TPSA) is 158 Å². The Hall–Kier alpha value is -3.75. The average molecular weight is 671 g/mol. The number of piperidine rings is 1. The molecule has 3 fully saturated rings. The van der Waals surface area contributed by atoms with Crippen LogP contribution in [0, 0.1) is 35.0 Å². The van der Waals surface area contributed by atoms with Crippen molar-refractivity contribution >= 4 is 29.7 Å². The van der Waals surface area contributed by atoms with E-state index in [2.05, 4.69) is 39.1 Å². The number of carbonyl (C=O) groups is 5. The number of fused-ring (bicyclic) bond motifs is 1. The molecule has 0 aromatic rings. The molecule has 0 radical (unpaired) electrons. The zero-order valence-corrected chi connectivity index (χ0v) is 29.8. The highest BCUT2D eigenvalue weighted by Gasteiger charge is 2.59. The van der Waals surface area contributed by atoms with Gasteiger partial charge in [-0.1, -0.05) is 60.0 Å². The molecule has 2 saturated carbocycles. The van der Waals surface area contributed by atoms with Crippen LogP contribution >= 0.6 is 0 Å². The molecule has 0 aromatic carbocycles. The number of hydrogen-bond acceptors (Lipinski definition) is 7. The number of Topliss-reactive ketones (excluding diaryl/α,β-unsaturated/α-hetero) is 1. The van der Waals surface area contributed by atoms with Crippen molar-refractivity contribution in [2.45, 2.75) is 123 Å². The van der Waals surface area contributed by atoms with E-state index >= 15 is 0 Å². The summed E-state index contributed by atoms with van der Waals surface area (Å²) in [6.45, 7) is 16.6. The van der Waals surface area contributed by atoms with Gasteiger partial charge in [0.1, 0.15) is 18.7 Å². The third kappa shape index (κ3) is 10.1. The Kier molecular flexibility index (Phi) is 13.8. The van der Waals surface area contributed by atoms with Crippen LogP contribution in [0.1, 0.15) is 99.3 Å². The minimum absolute atomic E-state index is 0.0117. The van der Waals surface area contributed by atoms with Crippen LogP contribution in [-0.4, -0.2) is 85.0 Å². The molecule has 12 heteroatoms. The molecule has 1 heterocycles. The van der Waals surface area contributed by atoms with Gasteiger partial charge in [0.2, 0.25) is 11.8 Å². The Labute approximate surface area is 286 Å². The summed E-state index contributed by atoms with van der Waals surface area (Å²) < 4.78 is 5.36. The molecule has 5 N–H and O–H groups in total. The lowest BCUT2D eigenvalue weighted by Gasteiger charge is -2.41. The molecule has 0 aromatic heterocycles. The van der Waals surface area contributed by atoms with E-state index in [9.17, 15) is 24.0 Å². The van der Waals surface area contributed by atoms with Crippen molar-refractivity contribution in [1.82, 2.24) is 31.5 Å². The van der Waals surface area contributed by atoms with Crippen molar-refractivity contribution in [2.24, 2.45) is 22.7 Å². The maximum Gasteiger partial charge on any atom is 0.407 e. The fraction of sp³-hybridized carbons (Fsp3) is 0.750. The lowest BCUT2D eigenvalue weighted by atomic mass is 9.75. The van der Waals surface area contributed by atoms with E-state index in [0.29, 0.717) is 26.1 Å². The number of likely N-dealkylation sites (N-methyl/N-ethyl adjacent to an activating group) is 1. The summed E-state index contributed by atoms with van der Waals surface area (Å²) in [7, 11) is 0. The van der Waals surface area contributed by atoms with Crippen LogP contribution in [0.3, 0.4) is 0 Å². The number of hydrogen-bond donors (Lipinski definition) is 5. The summed E-state index contributed by atoms with van der Waals surface area (Å²) in [5.41, 5.74) is -0.798. The van der Waals surface area contributed by atoms with E-state index in [0.717, 1.165) is 44.9 Å². The first kappa shape index (κ1) is 38.7. The summed E-state index contributed by atoms with van der Waals surface area (Å²) >= 11 is 0. The second kappa shape index (κ2) is 17.1. The van der Waals surface area contributed by atoms with E-state index < -0.39 is 53.0 Å². The van der Waals surface area contributed by atoms with Gasteiger partial charge in [-0.25, -0.2) is 9.59 Å². The highest BCUT2D eigenvalue weighted by Crippen LogP contribution is 2.50. The van der Waals surface area contributed by atoms with Gasteiger partial charge in [0.05, 0.1) is 17.8 Å². The molecule has 3 aliphatic rings. The third-order valence-electron chi connectivity index (χ3n) is 10.1. The first-order chi connectivity index (χ1) is 22.7. The number of urea groups is 1. The molecule has 0 bridgehead atoms. The SMILES string of the molecule is C#CCCC(NC(=O)C1[C@H]2C[C@H]2CN1C(=O)C(NC(=O)NC(COC(=O)NCC)C(C)(C)C)C1(C)CCCCCC1)C(=O)C(=C)NCC. The van der Waals surface area contributed by atoms with Crippen molar-refractivity contribution in [2.75, 3.05) is 26.2 Å². The molecule has 1 aliphatic heterocycles. The van der Waals surface area contributed by atoms with Gasteiger partial charge < -0.3 is 36.2 Å². The number of rotatable bonds is 15. The molecule has 6 atom stereocenters. The van der Waals surface area contributed by atoms with Gasteiger partial charge in [-0.3, -0.25) is 14.4 Å². The predicted molar refractivity (Wildman–Crippen MR) is 184 cm³/mol. The molecule has 268 valence electrons. The van der Waals surface area contributed by atoms with Crippen molar-refractivity contribution in [1.29, 1.82) is 0 Å². The smallest absolute Gasteiger partial charge is 0.407 e. The zero-order valence-electron chi connectivity index (χ0n) is 29.8. The van der Waals surface area contributed by atoms with Crippen LogP contribution in [0.15, 0.2) is 12.3 Å². The van der Waals surface area contributed by atoms with Crippen molar-refractivity contribution in [3.63, 3.8) is 0 Å². The van der Waals surface area contributed by atoms with Crippen LogP contribution in [0.2, 0.25) is 0 Å². The molecule has 3 rings (SSSR count). The molecule has 48 heavy (non-hydrogen) atoms. The van der Waals surface area contributed by atoms with Gasteiger partial charge in [-0.2, -0.15) is 0 Å². The van der Waals surface area contributed by atoms with Crippen LogP contribution < -0.4 is 26.6 Å². The highest BCUT2D eigenvalue weighted by molar-refractivity contribution is 6.01. The average Bonchev–Trinajstić information content (AvgIpc) is 3.74. The summed E-state index contributed by atoms with van der Waals surface area (Å²) in [4.78, 5) is 69.1. The van der Waals surface area contributed by atoms with E-state index in [4.69, 9.17) is 11.2 Å². The zero-order chi connectivity index (χ0) is 35.6. The van der Waals surface area contributed by atoms with E-state index in [1.54, 1.807) is 11.8 Å². The van der Waals surface area contributed by atoms with Gasteiger partial charge in [-0.15, -0.1) is 12.3 Å². The number of nitrogens with zero attached hydrogens (tertiary/aromatic N) is 1. The number of ketones is 1. The number of alkyl carbamates (subject to hydrolysis) is 1. The minimum atomic E-state index is -0.888. The van der Waals surface area contributed by atoms with E-state index in [1.165, 1.54) is 0 Å². The number of likely N-dealkylation sites (tertiary alicyclic amines) is 1. The van der Waals surface area contributed by atoms with Gasteiger partial charge in [0, 0.05) is 26.1 Å². The number of carbonyl (C=O) groups excluding carboxylic acids is 5. The number of amides is 5. The normalized spacial score (nSPS) is 23.1. The number of terminal acetylenes is 1. The predicted octanol–water partition coefficient (Wildman–Crippen LogP) is 3.61. The summed E-state index contributed by atoms with van der Waals surface area (Å²) in [6.07, 6.45) is 11.7. The van der Waals surface area contributed by atoms with E-state index in [-0.39, 0.29) is 42.3 Å². The maximum atomic E-state index is 14.6. The second-order valence-corrected chi connectivity index (χ2v) is 14.9. The maximum absolute atomic E-state index is 14.6. The van der Waals surface area contributed by atoms with Gasteiger partial charge in [-0.05, 0) is 62.2 Å². The molecule has 4 unspecified atom stereocenters. The summed E-state index contributed by atoms with van der Waals surface area (Å²) in [5, 5.41) is 14.4. The third-order valence-corrected chi connectivity index (χ3v) is 10.1. The second-order valence-electron chi connectivity index (χ2n) is 14.9.